The number of carbonyl (C=O) groups is 2. The van der Waals surface area contributed by atoms with Crippen LogP contribution in [-0.4, -0.2) is 62.6 Å². The second kappa shape index (κ2) is 8.12. The molecule has 2 aliphatic heterocycles. The van der Waals surface area contributed by atoms with Crippen molar-refractivity contribution in [3.8, 4) is 0 Å². The number of hydrogen-bond donors (Lipinski definition) is 0. The van der Waals surface area contributed by atoms with Crippen molar-refractivity contribution >= 4 is 11.8 Å². The van der Waals surface area contributed by atoms with Crippen molar-refractivity contribution in [2.75, 3.05) is 26.2 Å². The van der Waals surface area contributed by atoms with E-state index in [0.29, 0.717) is 12.1 Å². The first-order chi connectivity index (χ1) is 13.6. The van der Waals surface area contributed by atoms with Crippen molar-refractivity contribution < 1.29 is 9.59 Å². The van der Waals surface area contributed by atoms with Crippen LogP contribution < -0.4 is 0 Å². The average molecular weight is 381 g/mol. The SMILES string of the molecule is Cc1cnn(CC(=O)N2CCC[C@@H](c3ccc(C(=O)N4CCCC4)cn3)C2)c1. The van der Waals surface area contributed by atoms with E-state index in [1.54, 1.807) is 17.1 Å². The fourth-order valence-electron chi connectivity index (χ4n) is 4.11. The fourth-order valence-corrected chi connectivity index (χ4v) is 4.11. The molecule has 2 aliphatic rings. The Morgan fingerprint density at radius 1 is 1.07 bits per heavy atom. The van der Waals surface area contributed by atoms with E-state index in [4.69, 9.17) is 0 Å². The zero-order valence-electron chi connectivity index (χ0n) is 16.4. The van der Waals surface area contributed by atoms with Gasteiger partial charge in [0.05, 0.1) is 11.8 Å². The Morgan fingerprint density at radius 3 is 2.54 bits per heavy atom. The van der Waals surface area contributed by atoms with Crippen molar-refractivity contribution in [3.63, 3.8) is 0 Å². The number of aromatic nitrogens is 3. The van der Waals surface area contributed by atoms with Crippen molar-refractivity contribution in [1.29, 1.82) is 0 Å². The van der Waals surface area contributed by atoms with Gasteiger partial charge in [-0.15, -0.1) is 0 Å². The summed E-state index contributed by atoms with van der Waals surface area (Å²) >= 11 is 0. The van der Waals surface area contributed by atoms with Crippen molar-refractivity contribution in [1.82, 2.24) is 24.6 Å². The molecule has 2 aromatic heterocycles. The van der Waals surface area contributed by atoms with Crippen LogP contribution in [0, 0.1) is 6.92 Å². The molecule has 0 bridgehead atoms. The Kier molecular flexibility index (Phi) is 5.41. The summed E-state index contributed by atoms with van der Waals surface area (Å²) < 4.78 is 1.69. The summed E-state index contributed by atoms with van der Waals surface area (Å²) in [5.74, 6) is 0.383. The fraction of sp³-hybridized carbons (Fsp3) is 0.524. The van der Waals surface area contributed by atoms with Gasteiger partial charge in [0.15, 0.2) is 0 Å². The van der Waals surface area contributed by atoms with Gasteiger partial charge in [-0.3, -0.25) is 19.3 Å². The highest BCUT2D eigenvalue weighted by Crippen LogP contribution is 2.26. The highest BCUT2D eigenvalue weighted by molar-refractivity contribution is 5.94. The second-order valence-electron chi connectivity index (χ2n) is 7.87. The summed E-state index contributed by atoms with van der Waals surface area (Å²) in [6.45, 7) is 5.38. The van der Waals surface area contributed by atoms with E-state index >= 15 is 0 Å². The Morgan fingerprint density at radius 2 is 1.86 bits per heavy atom. The maximum atomic E-state index is 12.6. The van der Waals surface area contributed by atoms with E-state index in [0.717, 1.165) is 56.6 Å². The normalized spacial score (nSPS) is 19.8. The number of piperidine rings is 1. The average Bonchev–Trinajstić information content (AvgIpc) is 3.40. The number of amides is 2. The molecule has 2 aromatic rings. The molecule has 2 saturated heterocycles. The summed E-state index contributed by atoms with van der Waals surface area (Å²) in [7, 11) is 0. The molecule has 0 saturated carbocycles. The lowest BCUT2D eigenvalue weighted by Gasteiger charge is -2.32. The van der Waals surface area contributed by atoms with Gasteiger partial charge in [0.25, 0.3) is 5.91 Å². The molecular weight excluding hydrogens is 354 g/mol. The molecule has 7 nitrogen and oxygen atoms in total. The standard InChI is InChI=1S/C21H27N5O2/c1-16-11-23-26(13-16)15-20(27)25-10-4-5-18(14-25)19-7-6-17(12-22-19)21(28)24-8-2-3-9-24/h6-7,11-13,18H,2-5,8-10,14-15H2,1H3/t18-/m1/s1. The molecule has 0 aliphatic carbocycles. The van der Waals surface area contributed by atoms with Gasteiger partial charge in [0.2, 0.25) is 5.91 Å². The Labute approximate surface area is 165 Å². The third kappa shape index (κ3) is 4.08. The van der Waals surface area contributed by atoms with Crippen LogP contribution in [0.5, 0.6) is 0 Å². The molecule has 1 atom stereocenters. The minimum absolute atomic E-state index is 0.0755. The Bertz CT molecular complexity index is 839. The number of hydrogen-bond acceptors (Lipinski definition) is 4. The van der Waals surface area contributed by atoms with E-state index < -0.39 is 0 Å². The highest BCUT2D eigenvalue weighted by atomic mass is 16.2. The molecule has 4 rings (SSSR count). The lowest BCUT2D eigenvalue weighted by Crippen LogP contribution is -2.41. The van der Waals surface area contributed by atoms with Gasteiger partial charge < -0.3 is 9.80 Å². The summed E-state index contributed by atoms with van der Waals surface area (Å²) in [5, 5.41) is 4.21. The number of pyridine rings is 1. The van der Waals surface area contributed by atoms with Gasteiger partial charge in [-0.05, 0) is 50.3 Å². The van der Waals surface area contributed by atoms with E-state index in [1.807, 2.05) is 35.1 Å². The third-order valence-electron chi connectivity index (χ3n) is 5.68. The third-order valence-corrected chi connectivity index (χ3v) is 5.68. The predicted octanol–water partition coefficient (Wildman–Crippen LogP) is 2.23. The molecule has 0 aromatic carbocycles. The first-order valence-corrected chi connectivity index (χ1v) is 10.1. The van der Waals surface area contributed by atoms with Crippen LogP contribution in [0.1, 0.15) is 53.2 Å². The van der Waals surface area contributed by atoms with Crippen LogP contribution in [0.15, 0.2) is 30.7 Å². The van der Waals surface area contributed by atoms with Crippen LogP contribution >= 0.6 is 0 Å². The lowest BCUT2D eigenvalue weighted by atomic mass is 9.94. The van der Waals surface area contributed by atoms with Gasteiger partial charge in [-0.2, -0.15) is 5.10 Å². The molecule has 7 heteroatoms. The summed E-state index contributed by atoms with van der Waals surface area (Å²) in [4.78, 5) is 33.5. The first kappa shape index (κ1) is 18.7. The van der Waals surface area contributed by atoms with Crippen molar-refractivity contribution in [2.45, 2.75) is 45.1 Å². The van der Waals surface area contributed by atoms with Gasteiger partial charge >= 0.3 is 0 Å². The maximum Gasteiger partial charge on any atom is 0.255 e. The van der Waals surface area contributed by atoms with Gasteiger partial charge in [0.1, 0.15) is 6.54 Å². The Hall–Kier alpha value is -2.70. The molecule has 148 valence electrons. The maximum absolute atomic E-state index is 12.6. The quantitative estimate of drug-likeness (QED) is 0.814. The lowest BCUT2D eigenvalue weighted by molar-refractivity contribution is -0.133. The summed E-state index contributed by atoms with van der Waals surface area (Å²) in [6, 6.07) is 3.84. The van der Waals surface area contributed by atoms with E-state index in [-0.39, 0.29) is 24.3 Å². The minimum Gasteiger partial charge on any atom is -0.340 e. The molecule has 4 heterocycles. The van der Waals surface area contributed by atoms with Crippen molar-refractivity contribution in [3.05, 3.63) is 47.5 Å². The minimum atomic E-state index is 0.0755. The molecular formula is C21H27N5O2. The van der Waals surface area contributed by atoms with Gasteiger partial charge in [-0.25, -0.2) is 0 Å². The Balaban J connectivity index is 1.38. The smallest absolute Gasteiger partial charge is 0.255 e. The largest absolute Gasteiger partial charge is 0.340 e. The number of likely N-dealkylation sites (tertiary alicyclic amines) is 2. The molecule has 0 radical (unpaired) electrons. The van der Waals surface area contributed by atoms with Crippen LogP contribution in [0.2, 0.25) is 0 Å². The molecule has 0 unspecified atom stereocenters. The molecule has 0 N–H and O–H groups in total. The van der Waals surface area contributed by atoms with Gasteiger partial charge in [-0.1, -0.05) is 0 Å². The molecule has 2 fully saturated rings. The van der Waals surface area contributed by atoms with Gasteiger partial charge in [0, 0.05) is 50.2 Å². The zero-order chi connectivity index (χ0) is 19.5. The number of aryl methyl sites for hydroxylation is 1. The zero-order valence-corrected chi connectivity index (χ0v) is 16.4. The van der Waals surface area contributed by atoms with Crippen LogP contribution in [0.4, 0.5) is 0 Å². The first-order valence-electron chi connectivity index (χ1n) is 10.1. The monoisotopic (exact) mass is 381 g/mol. The van der Waals surface area contributed by atoms with Crippen LogP contribution in [-0.2, 0) is 11.3 Å². The highest BCUT2D eigenvalue weighted by Gasteiger charge is 2.26. The molecule has 0 spiro atoms. The van der Waals surface area contributed by atoms with E-state index in [2.05, 4.69) is 10.1 Å². The number of nitrogens with zero attached hydrogens (tertiary/aromatic N) is 5. The van der Waals surface area contributed by atoms with Crippen LogP contribution in [0.3, 0.4) is 0 Å². The van der Waals surface area contributed by atoms with E-state index in [9.17, 15) is 9.59 Å². The molecule has 2 amide bonds. The van der Waals surface area contributed by atoms with Crippen LogP contribution in [0.25, 0.3) is 0 Å². The number of rotatable bonds is 4. The summed E-state index contributed by atoms with van der Waals surface area (Å²) in [6.07, 6.45) is 9.49. The second-order valence-corrected chi connectivity index (χ2v) is 7.87. The molecule has 28 heavy (non-hydrogen) atoms. The van der Waals surface area contributed by atoms with Crippen molar-refractivity contribution in [2.24, 2.45) is 0 Å². The predicted molar refractivity (Wildman–Crippen MR) is 105 cm³/mol. The van der Waals surface area contributed by atoms with E-state index in [1.165, 1.54) is 0 Å². The topological polar surface area (TPSA) is 71.3 Å². The summed E-state index contributed by atoms with van der Waals surface area (Å²) in [5.41, 5.74) is 2.67. The number of carbonyl (C=O) groups excluding carboxylic acids is 2.